The van der Waals surface area contributed by atoms with Gasteiger partial charge < -0.3 is 24.4 Å². The van der Waals surface area contributed by atoms with Crippen LogP contribution < -0.4 is 0 Å². The van der Waals surface area contributed by atoms with Crippen molar-refractivity contribution >= 4 is 17.9 Å². The maximum atomic E-state index is 12.7. The Balaban J connectivity index is 4.41. The maximum absolute atomic E-state index is 12.7. The van der Waals surface area contributed by atoms with Crippen LogP contribution in [0.2, 0.25) is 0 Å². The summed E-state index contributed by atoms with van der Waals surface area (Å²) in [6.45, 7) is 5.53. The van der Waals surface area contributed by atoms with Crippen LogP contribution in [-0.4, -0.2) is 85.2 Å². The minimum absolute atomic E-state index is 0.0233. The number of allylic oxidation sites excluding steroid dienone is 4. The lowest BCUT2D eigenvalue weighted by atomic mass is 10.1. The molecule has 0 aromatic rings. The molecular formula is C47H87NO8. The van der Waals surface area contributed by atoms with Crippen LogP contribution in [-0.2, 0) is 28.6 Å². The smallest absolute Gasteiger partial charge is 0.306 e. The van der Waals surface area contributed by atoms with Crippen LogP contribution in [0.3, 0.4) is 0 Å². The topological polar surface area (TPSA) is 123 Å². The average Bonchev–Trinajstić information content (AvgIpc) is 3.19. The molecule has 0 radical (unpaired) electrons. The van der Waals surface area contributed by atoms with Crippen molar-refractivity contribution in [3.63, 3.8) is 0 Å². The molecule has 9 heteroatoms. The Kier molecular flexibility index (Phi) is 42.1. The van der Waals surface area contributed by atoms with Crippen LogP contribution in [0.15, 0.2) is 24.3 Å². The van der Waals surface area contributed by atoms with Gasteiger partial charge in [-0.1, -0.05) is 141 Å². The molecule has 0 heterocycles. The Bertz CT molecular complexity index is 933. The Morgan fingerprint density at radius 2 is 0.786 bits per heavy atom. The second-order valence-corrected chi connectivity index (χ2v) is 15.5. The van der Waals surface area contributed by atoms with Crippen molar-refractivity contribution in [2.75, 3.05) is 46.1 Å². The van der Waals surface area contributed by atoms with Gasteiger partial charge in [0, 0.05) is 32.4 Å². The molecule has 1 unspecified atom stereocenters. The number of carbonyl (C=O) groups is 3. The minimum Gasteiger partial charge on any atom is -0.462 e. The van der Waals surface area contributed by atoms with Gasteiger partial charge in [0.1, 0.15) is 13.2 Å². The number of unbranched alkanes of at least 4 members (excludes halogenated alkanes) is 22. The third-order valence-electron chi connectivity index (χ3n) is 10.1. The molecule has 56 heavy (non-hydrogen) atoms. The van der Waals surface area contributed by atoms with E-state index in [1.54, 1.807) is 0 Å². The van der Waals surface area contributed by atoms with Crippen molar-refractivity contribution in [3.8, 4) is 0 Å². The van der Waals surface area contributed by atoms with Gasteiger partial charge in [-0.3, -0.25) is 19.3 Å². The molecule has 1 atom stereocenters. The number of nitrogens with zero attached hydrogens (tertiary/aromatic N) is 1. The monoisotopic (exact) mass is 794 g/mol. The fraction of sp³-hybridized carbons (Fsp3) is 0.851. The quantitative estimate of drug-likeness (QED) is 0.0269. The number of ether oxygens (including phenoxy) is 3. The molecule has 0 aliphatic heterocycles. The van der Waals surface area contributed by atoms with Crippen molar-refractivity contribution < 1.29 is 38.8 Å². The molecule has 0 aromatic heterocycles. The number of hydrogen-bond donors (Lipinski definition) is 2. The van der Waals surface area contributed by atoms with Crippen molar-refractivity contribution in [2.24, 2.45) is 0 Å². The van der Waals surface area contributed by atoms with E-state index in [9.17, 15) is 24.6 Å². The van der Waals surface area contributed by atoms with Crippen molar-refractivity contribution in [1.29, 1.82) is 0 Å². The molecule has 0 aromatic carbocycles. The molecule has 0 rings (SSSR count). The third-order valence-corrected chi connectivity index (χ3v) is 10.1. The SMILES string of the molecule is CCCCCCCCC=CCCCCCCCC(=O)OCC(COC(=O)CCCN(CCO)CCO)OC(=O)CCCCCCCC=CCCCCCCCC. The molecule has 0 bridgehead atoms. The van der Waals surface area contributed by atoms with Gasteiger partial charge in [-0.05, 0) is 77.2 Å². The van der Waals surface area contributed by atoms with Crippen LogP contribution >= 0.6 is 0 Å². The number of aliphatic hydroxyl groups is 2. The zero-order valence-electron chi connectivity index (χ0n) is 36.3. The van der Waals surface area contributed by atoms with Gasteiger partial charge in [0.25, 0.3) is 0 Å². The molecule has 0 aliphatic carbocycles. The van der Waals surface area contributed by atoms with Gasteiger partial charge in [-0.25, -0.2) is 0 Å². The van der Waals surface area contributed by atoms with E-state index in [-0.39, 0.29) is 51.2 Å². The molecule has 0 aliphatic rings. The summed E-state index contributed by atoms with van der Waals surface area (Å²) in [5.74, 6) is -1.14. The van der Waals surface area contributed by atoms with E-state index in [0.717, 1.165) is 70.6 Å². The normalized spacial score (nSPS) is 12.2. The number of aliphatic hydroxyl groups excluding tert-OH is 2. The van der Waals surface area contributed by atoms with E-state index < -0.39 is 12.1 Å². The van der Waals surface area contributed by atoms with E-state index in [1.807, 2.05) is 4.90 Å². The highest BCUT2D eigenvalue weighted by Gasteiger charge is 2.20. The van der Waals surface area contributed by atoms with Gasteiger partial charge in [0.05, 0.1) is 13.2 Å². The first-order valence-corrected chi connectivity index (χ1v) is 23.2. The van der Waals surface area contributed by atoms with Crippen LogP contribution in [0.1, 0.15) is 206 Å². The van der Waals surface area contributed by atoms with Gasteiger partial charge in [-0.15, -0.1) is 0 Å². The first-order valence-electron chi connectivity index (χ1n) is 23.2. The number of hydrogen-bond acceptors (Lipinski definition) is 9. The van der Waals surface area contributed by atoms with E-state index in [1.165, 1.54) is 96.3 Å². The Morgan fingerprint density at radius 3 is 1.18 bits per heavy atom. The largest absolute Gasteiger partial charge is 0.462 e. The van der Waals surface area contributed by atoms with Crippen LogP contribution in [0.4, 0.5) is 0 Å². The zero-order chi connectivity index (χ0) is 41.0. The first-order chi connectivity index (χ1) is 27.5. The molecule has 0 fully saturated rings. The van der Waals surface area contributed by atoms with Gasteiger partial charge in [0.15, 0.2) is 6.10 Å². The summed E-state index contributed by atoms with van der Waals surface area (Å²) in [6, 6.07) is 0. The van der Waals surface area contributed by atoms with E-state index >= 15 is 0 Å². The summed E-state index contributed by atoms with van der Waals surface area (Å²) >= 11 is 0. The van der Waals surface area contributed by atoms with Crippen molar-refractivity contribution in [1.82, 2.24) is 4.90 Å². The zero-order valence-corrected chi connectivity index (χ0v) is 36.3. The summed E-state index contributed by atoms with van der Waals surface area (Å²) < 4.78 is 16.5. The molecule has 9 nitrogen and oxygen atoms in total. The molecule has 328 valence electrons. The maximum Gasteiger partial charge on any atom is 0.306 e. The predicted octanol–water partition coefficient (Wildman–Crippen LogP) is 11.1. The molecule has 0 amide bonds. The summed E-state index contributed by atoms with van der Waals surface area (Å²) in [5, 5.41) is 18.4. The molecule has 0 saturated heterocycles. The standard InChI is InChI=1S/C47H87NO8/c1-3-5-7-9-11-13-15-17-19-21-23-25-27-29-31-34-45(51)54-42-44(43-55-46(52)36-33-37-48(38-40-49)39-41-50)56-47(53)35-32-30-28-26-24-22-20-18-16-14-12-10-8-6-4-2/h17-20,44,49-50H,3-16,21-43H2,1-2H3. The number of esters is 3. The molecule has 2 N–H and O–H groups in total. The summed E-state index contributed by atoms with van der Waals surface area (Å²) in [5.41, 5.74) is 0. The van der Waals surface area contributed by atoms with Crippen LogP contribution in [0, 0.1) is 0 Å². The fourth-order valence-electron chi connectivity index (χ4n) is 6.62. The molecular weight excluding hydrogens is 707 g/mol. The highest BCUT2D eigenvalue weighted by atomic mass is 16.6. The lowest BCUT2D eigenvalue weighted by Gasteiger charge is -2.20. The predicted molar refractivity (Wildman–Crippen MR) is 231 cm³/mol. The van der Waals surface area contributed by atoms with E-state index in [0.29, 0.717) is 32.5 Å². The minimum atomic E-state index is -0.854. The highest BCUT2D eigenvalue weighted by molar-refractivity contribution is 5.71. The van der Waals surface area contributed by atoms with E-state index in [2.05, 4.69) is 38.2 Å². The fourth-order valence-corrected chi connectivity index (χ4v) is 6.62. The number of carbonyl (C=O) groups excluding carboxylic acids is 3. The summed E-state index contributed by atoms with van der Waals surface area (Å²) in [6.07, 6.45) is 40.4. The second kappa shape index (κ2) is 43.9. The third kappa shape index (κ3) is 40.0. The van der Waals surface area contributed by atoms with Crippen LogP contribution in [0.25, 0.3) is 0 Å². The summed E-state index contributed by atoms with van der Waals surface area (Å²) in [7, 11) is 0. The van der Waals surface area contributed by atoms with E-state index in [4.69, 9.17) is 14.2 Å². The first kappa shape index (κ1) is 53.8. The second-order valence-electron chi connectivity index (χ2n) is 15.5. The van der Waals surface area contributed by atoms with Crippen molar-refractivity contribution in [2.45, 2.75) is 213 Å². The lowest BCUT2D eigenvalue weighted by molar-refractivity contribution is -0.167. The van der Waals surface area contributed by atoms with Crippen LogP contribution in [0.5, 0.6) is 0 Å². The van der Waals surface area contributed by atoms with Gasteiger partial charge in [0.2, 0.25) is 0 Å². The summed E-state index contributed by atoms with van der Waals surface area (Å²) in [4.78, 5) is 39.6. The Labute approximate surface area is 343 Å². The van der Waals surface area contributed by atoms with Gasteiger partial charge >= 0.3 is 17.9 Å². The van der Waals surface area contributed by atoms with Crippen molar-refractivity contribution in [3.05, 3.63) is 24.3 Å². The average molecular weight is 794 g/mol. The molecule has 0 spiro atoms. The molecule has 0 saturated carbocycles. The Hall–Kier alpha value is -2.23. The highest BCUT2D eigenvalue weighted by Crippen LogP contribution is 2.13. The Morgan fingerprint density at radius 1 is 0.446 bits per heavy atom. The number of rotatable bonds is 43. The van der Waals surface area contributed by atoms with Gasteiger partial charge in [-0.2, -0.15) is 0 Å². The lowest BCUT2D eigenvalue weighted by Crippen LogP contribution is -2.32.